The Morgan fingerprint density at radius 3 is 2.53 bits per heavy atom. The van der Waals surface area contributed by atoms with E-state index in [4.69, 9.17) is 14.2 Å². The molecule has 30 heavy (non-hydrogen) atoms. The van der Waals surface area contributed by atoms with Gasteiger partial charge in [0.1, 0.15) is 5.01 Å². The zero-order valence-electron chi connectivity index (χ0n) is 16.7. The molecule has 7 nitrogen and oxygen atoms in total. The minimum absolute atomic E-state index is 0.00421. The van der Waals surface area contributed by atoms with Crippen LogP contribution in [0.4, 0.5) is 0 Å². The smallest absolute Gasteiger partial charge is 0.312 e. The van der Waals surface area contributed by atoms with E-state index < -0.39 is 5.97 Å². The molecule has 3 aromatic rings. The highest BCUT2D eigenvalue weighted by Crippen LogP contribution is 2.33. The van der Waals surface area contributed by atoms with Crippen LogP contribution >= 0.6 is 11.3 Å². The molecular formula is C22H22N2O5S. The first-order chi connectivity index (χ1) is 14.6. The minimum atomic E-state index is -0.506. The SMILES string of the molecule is COc1ccc(-c2nc(CC(=O)OCC(=O)NCc3ccccc3)cs2)cc1OC. The van der Waals surface area contributed by atoms with Crippen molar-refractivity contribution in [3.8, 4) is 22.1 Å². The fraction of sp³-hybridized carbons (Fsp3) is 0.227. The van der Waals surface area contributed by atoms with Crippen LogP contribution in [0.15, 0.2) is 53.9 Å². The van der Waals surface area contributed by atoms with Crippen LogP contribution in [-0.4, -0.2) is 37.7 Å². The summed E-state index contributed by atoms with van der Waals surface area (Å²) in [7, 11) is 3.15. The van der Waals surface area contributed by atoms with Gasteiger partial charge >= 0.3 is 5.97 Å². The minimum Gasteiger partial charge on any atom is -0.493 e. The number of aromatic nitrogens is 1. The first-order valence-corrected chi connectivity index (χ1v) is 10.1. The molecule has 1 amide bonds. The Balaban J connectivity index is 1.49. The number of benzene rings is 2. The van der Waals surface area contributed by atoms with Gasteiger partial charge in [0.25, 0.3) is 5.91 Å². The average molecular weight is 426 g/mol. The number of esters is 1. The molecule has 0 bridgehead atoms. The Hall–Kier alpha value is -3.39. The van der Waals surface area contributed by atoms with Gasteiger partial charge in [-0.1, -0.05) is 30.3 Å². The van der Waals surface area contributed by atoms with Crippen molar-refractivity contribution in [1.82, 2.24) is 10.3 Å². The van der Waals surface area contributed by atoms with Crippen molar-refractivity contribution < 1.29 is 23.8 Å². The monoisotopic (exact) mass is 426 g/mol. The molecule has 0 fully saturated rings. The largest absolute Gasteiger partial charge is 0.493 e. The van der Waals surface area contributed by atoms with Gasteiger partial charge in [0.2, 0.25) is 0 Å². The van der Waals surface area contributed by atoms with Crippen LogP contribution in [0, 0.1) is 0 Å². The molecule has 0 atom stereocenters. The van der Waals surface area contributed by atoms with Crippen LogP contribution in [0.5, 0.6) is 11.5 Å². The lowest BCUT2D eigenvalue weighted by molar-refractivity contribution is -0.147. The van der Waals surface area contributed by atoms with Gasteiger partial charge in [-0.05, 0) is 23.8 Å². The summed E-state index contributed by atoms with van der Waals surface area (Å²) in [5, 5.41) is 5.26. The van der Waals surface area contributed by atoms with Crippen LogP contribution in [0.25, 0.3) is 10.6 Å². The molecule has 0 aliphatic heterocycles. The van der Waals surface area contributed by atoms with E-state index in [-0.39, 0.29) is 18.9 Å². The third-order valence-electron chi connectivity index (χ3n) is 4.20. The fourth-order valence-corrected chi connectivity index (χ4v) is 3.50. The second-order valence-electron chi connectivity index (χ2n) is 6.31. The molecule has 1 N–H and O–H groups in total. The van der Waals surface area contributed by atoms with Crippen molar-refractivity contribution >= 4 is 23.2 Å². The van der Waals surface area contributed by atoms with Gasteiger partial charge in [-0.15, -0.1) is 11.3 Å². The van der Waals surface area contributed by atoms with Crippen molar-refractivity contribution in [3.63, 3.8) is 0 Å². The van der Waals surface area contributed by atoms with E-state index in [2.05, 4.69) is 10.3 Å². The van der Waals surface area contributed by atoms with Gasteiger partial charge in [0.15, 0.2) is 18.1 Å². The molecule has 0 unspecified atom stereocenters. The molecule has 0 saturated heterocycles. The summed E-state index contributed by atoms with van der Waals surface area (Å²) < 4.78 is 15.6. The number of hydrogen-bond donors (Lipinski definition) is 1. The highest BCUT2D eigenvalue weighted by Gasteiger charge is 2.13. The maximum atomic E-state index is 12.0. The van der Waals surface area contributed by atoms with Crippen LogP contribution < -0.4 is 14.8 Å². The van der Waals surface area contributed by atoms with Gasteiger partial charge in [-0.25, -0.2) is 4.98 Å². The second kappa shape index (κ2) is 10.4. The Morgan fingerprint density at radius 2 is 1.80 bits per heavy atom. The topological polar surface area (TPSA) is 86.8 Å². The lowest BCUT2D eigenvalue weighted by atomic mass is 10.2. The summed E-state index contributed by atoms with van der Waals surface area (Å²) in [6.45, 7) is 0.0658. The van der Waals surface area contributed by atoms with Gasteiger partial charge in [0.05, 0.1) is 26.3 Å². The van der Waals surface area contributed by atoms with Gasteiger partial charge in [0, 0.05) is 17.5 Å². The van der Waals surface area contributed by atoms with E-state index in [0.717, 1.165) is 16.1 Å². The second-order valence-corrected chi connectivity index (χ2v) is 7.17. The summed E-state index contributed by atoms with van der Waals surface area (Å²) in [5.74, 6) is 0.380. The zero-order valence-corrected chi connectivity index (χ0v) is 17.5. The number of thiazole rings is 1. The molecule has 156 valence electrons. The van der Waals surface area contributed by atoms with Crippen molar-refractivity contribution in [2.24, 2.45) is 0 Å². The van der Waals surface area contributed by atoms with E-state index in [1.54, 1.807) is 25.7 Å². The predicted octanol–water partition coefficient (Wildman–Crippen LogP) is 3.23. The van der Waals surface area contributed by atoms with E-state index >= 15 is 0 Å². The highest BCUT2D eigenvalue weighted by molar-refractivity contribution is 7.13. The molecule has 0 saturated carbocycles. The third-order valence-corrected chi connectivity index (χ3v) is 5.14. The molecule has 0 aliphatic carbocycles. The average Bonchev–Trinajstić information content (AvgIpc) is 3.24. The normalized spacial score (nSPS) is 10.3. The van der Waals surface area contributed by atoms with Crippen molar-refractivity contribution in [2.75, 3.05) is 20.8 Å². The fourth-order valence-electron chi connectivity index (χ4n) is 2.68. The number of carbonyl (C=O) groups excluding carboxylic acids is 2. The summed E-state index contributed by atoms with van der Waals surface area (Å²) in [6, 6.07) is 15.0. The molecule has 1 aromatic heterocycles. The predicted molar refractivity (Wildman–Crippen MR) is 114 cm³/mol. The molecule has 0 aliphatic rings. The Bertz CT molecular complexity index is 1000. The lowest BCUT2D eigenvalue weighted by Crippen LogP contribution is -2.28. The van der Waals surface area contributed by atoms with E-state index in [0.29, 0.717) is 23.7 Å². The molecule has 3 rings (SSSR count). The molecule has 0 radical (unpaired) electrons. The van der Waals surface area contributed by atoms with Crippen molar-refractivity contribution in [3.05, 3.63) is 65.2 Å². The van der Waals surface area contributed by atoms with Crippen LogP contribution in [0.3, 0.4) is 0 Å². The number of methoxy groups -OCH3 is 2. The van der Waals surface area contributed by atoms with E-state index in [9.17, 15) is 9.59 Å². The summed E-state index contributed by atoms with van der Waals surface area (Å²) in [5.41, 5.74) is 2.42. The van der Waals surface area contributed by atoms with E-state index in [1.165, 1.54) is 11.3 Å². The van der Waals surface area contributed by atoms with Crippen LogP contribution in [-0.2, 0) is 27.3 Å². The number of hydrogen-bond acceptors (Lipinski definition) is 7. The number of nitrogens with one attached hydrogen (secondary N) is 1. The number of amides is 1. The Labute approximate surface area is 178 Å². The molecule has 1 heterocycles. The summed E-state index contributed by atoms with van der Waals surface area (Å²) in [6.07, 6.45) is -0.00421. The molecule has 8 heteroatoms. The van der Waals surface area contributed by atoms with Crippen molar-refractivity contribution in [1.29, 1.82) is 0 Å². The zero-order chi connectivity index (χ0) is 21.3. The molecular weight excluding hydrogens is 404 g/mol. The van der Waals surface area contributed by atoms with Gasteiger partial charge in [-0.3, -0.25) is 9.59 Å². The highest BCUT2D eigenvalue weighted by atomic mass is 32.1. The molecule has 0 spiro atoms. The standard InChI is InChI=1S/C22H22N2O5S/c1-27-18-9-8-16(10-19(18)28-2)22-24-17(14-30-22)11-21(26)29-13-20(25)23-12-15-6-4-3-5-7-15/h3-10,14H,11-13H2,1-2H3,(H,23,25). The first-order valence-electron chi connectivity index (χ1n) is 9.22. The summed E-state index contributed by atoms with van der Waals surface area (Å²) >= 11 is 1.41. The quantitative estimate of drug-likeness (QED) is 0.529. The maximum Gasteiger partial charge on any atom is 0.312 e. The maximum absolute atomic E-state index is 12.0. The third kappa shape index (κ3) is 5.81. The Kier molecular flexibility index (Phi) is 7.40. The number of ether oxygens (including phenoxy) is 3. The number of rotatable bonds is 9. The molecule has 2 aromatic carbocycles. The van der Waals surface area contributed by atoms with Crippen LogP contribution in [0.2, 0.25) is 0 Å². The summed E-state index contributed by atoms with van der Waals surface area (Å²) in [4.78, 5) is 28.4. The number of carbonyl (C=O) groups is 2. The van der Waals surface area contributed by atoms with Crippen LogP contribution in [0.1, 0.15) is 11.3 Å². The van der Waals surface area contributed by atoms with Gasteiger partial charge in [-0.2, -0.15) is 0 Å². The first kappa shape index (κ1) is 21.3. The van der Waals surface area contributed by atoms with Gasteiger partial charge < -0.3 is 19.5 Å². The number of nitrogens with zero attached hydrogens (tertiary/aromatic N) is 1. The van der Waals surface area contributed by atoms with Crippen molar-refractivity contribution in [2.45, 2.75) is 13.0 Å². The van der Waals surface area contributed by atoms with E-state index in [1.807, 2.05) is 42.5 Å². The lowest BCUT2D eigenvalue weighted by Gasteiger charge is -2.08. The Morgan fingerprint density at radius 1 is 1.03 bits per heavy atom.